The van der Waals surface area contributed by atoms with Gasteiger partial charge in [0.2, 0.25) is 0 Å². The number of piperazine rings is 1. The molecule has 0 atom stereocenters. The van der Waals surface area contributed by atoms with Gasteiger partial charge in [-0.25, -0.2) is 4.98 Å². The fraction of sp³-hybridized carbons (Fsp3) is 0.219. The van der Waals surface area contributed by atoms with E-state index in [9.17, 15) is 0 Å². The van der Waals surface area contributed by atoms with Crippen LogP contribution in [-0.2, 0) is 13.0 Å². The third-order valence-corrected chi connectivity index (χ3v) is 7.13. The van der Waals surface area contributed by atoms with Crippen molar-refractivity contribution < 1.29 is 4.74 Å². The summed E-state index contributed by atoms with van der Waals surface area (Å²) in [5, 5.41) is 0. The lowest BCUT2D eigenvalue weighted by Gasteiger charge is -2.36. The molecule has 0 aliphatic carbocycles. The van der Waals surface area contributed by atoms with Gasteiger partial charge in [0.1, 0.15) is 18.0 Å². The van der Waals surface area contributed by atoms with Crippen molar-refractivity contribution in [3.8, 4) is 17.0 Å². The Balaban J connectivity index is 1.07. The minimum Gasteiger partial charge on any atom is -0.489 e. The molecule has 5 heteroatoms. The van der Waals surface area contributed by atoms with Gasteiger partial charge in [-0.3, -0.25) is 4.90 Å². The van der Waals surface area contributed by atoms with Gasteiger partial charge in [0.25, 0.3) is 0 Å². The Kier molecular flexibility index (Phi) is 6.86. The second kappa shape index (κ2) is 10.9. The van der Waals surface area contributed by atoms with E-state index in [1.165, 1.54) is 11.3 Å². The highest BCUT2D eigenvalue weighted by molar-refractivity contribution is 5.64. The van der Waals surface area contributed by atoms with Gasteiger partial charge in [0.15, 0.2) is 0 Å². The zero-order chi connectivity index (χ0) is 24.9. The van der Waals surface area contributed by atoms with E-state index in [0.29, 0.717) is 6.61 Å². The molecule has 5 nitrogen and oxygen atoms in total. The van der Waals surface area contributed by atoms with Crippen LogP contribution < -0.4 is 9.64 Å². The number of fused-ring (bicyclic) bond motifs is 1. The molecule has 0 saturated carbocycles. The predicted octanol–water partition coefficient (Wildman–Crippen LogP) is 5.95. The van der Waals surface area contributed by atoms with Crippen molar-refractivity contribution >= 4 is 11.3 Å². The number of pyridine rings is 1. The predicted molar refractivity (Wildman–Crippen MR) is 150 cm³/mol. The SMILES string of the molecule is c1ccc(CCN2CCN(c3ccc4nc(-c5ccc(OCc6ccccc6)cc5)cn4c3)CC2)cc1. The van der Waals surface area contributed by atoms with Crippen molar-refractivity contribution in [2.75, 3.05) is 37.6 Å². The van der Waals surface area contributed by atoms with Gasteiger partial charge in [0.05, 0.1) is 11.4 Å². The number of nitrogens with zero attached hydrogens (tertiary/aromatic N) is 4. The third-order valence-electron chi connectivity index (χ3n) is 7.13. The molecule has 0 bridgehead atoms. The Morgan fingerprint density at radius 2 is 1.38 bits per heavy atom. The van der Waals surface area contributed by atoms with Crippen molar-refractivity contribution in [3.05, 3.63) is 121 Å². The zero-order valence-corrected chi connectivity index (χ0v) is 21.0. The highest BCUT2D eigenvalue weighted by Gasteiger charge is 2.18. The smallest absolute Gasteiger partial charge is 0.137 e. The molecule has 5 aromatic rings. The molecule has 3 aromatic carbocycles. The average Bonchev–Trinajstić information content (AvgIpc) is 3.40. The van der Waals surface area contributed by atoms with E-state index >= 15 is 0 Å². The van der Waals surface area contributed by atoms with Gasteiger partial charge < -0.3 is 14.0 Å². The number of aromatic nitrogens is 2. The molecule has 0 amide bonds. The Bertz CT molecular complexity index is 1420. The number of rotatable bonds is 8. The van der Waals surface area contributed by atoms with Gasteiger partial charge in [0, 0.05) is 50.7 Å². The van der Waals surface area contributed by atoms with Crippen LogP contribution in [0.25, 0.3) is 16.9 Å². The summed E-state index contributed by atoms with van der Waals surface area (Å²) in [5.41, 5.74) is 6.85. The number of hydrogen-bond donors (Lipinski definition) is 0. The molecule has 1 aliphatic rings. The Hall–Kier alpha value is -4.09. The summed E-state index contributed by atoms with van der Waals surface area (Å²) >= 11 is 0. The molecule has 2 aromatic heterocycles. The minimum atomic E-state index is 0.568. The molecule has 3 heterocycles. The van der Waals surface area contributed by atoms with E-state index in [1.807, 2.05) is 30.3 Å². The number of ether oxygens (including phenoxy) is 1. The van der Waals surface area contributed by atoms with Crippen LogP contribution in [0.1, 0.15) is 11.1 Å². The van der Waals surface area contributed by atoms with Crippen LogP contribution in [0, 0.1) is 0 Å². The van der Waals surface area contributed by atoms with Crippen LogP contribution in [0.2, 0.25) is 0 Å². The van der Waals surface area contributed by atoms with Crippen molar-refractivity contribution in [1.29, 1.82) is 0 Å². The van der Waals surface area contributed by atoms with Crippen molar-refractivity contribution in [1.82, 2.24) is 14.3 Å². The molecular formula is C32H32N4O. The lowest BCUT2D eigenvalue weighted by Crippen LogP contribution is -2.47. The van der Waals surface area contributed by atoms with Crippen LogP contribution in [0.15, 0.2) is 109 Å². The molecule has 186 valence electrons. The Labute approximate surface area is 218 Å². The summed E-state index contributed by atoms with van der Waals surface area (Å²) in [5.74, 6) is 0.863. The molecule has 0 unspecified atom stereocenters. The van der Waals surface area contributed by atoms with Crippen LogP contribution in [0.4, 0.5) is 5.69 Å². The standard InChI is InChI=1S/C32H32N4O/c1-3-7-26(8-4-1)17-18-34-19-21-35(22-20-34)29-13-16-32-33-31(24-36(32)23-29)28-11-14-30(15-12-28)37-25-27-9-5-2-6-10-27/h1-16,23-24H,17-22,25H2. The van der Waals surface area contributed by atoms with Crippen LogP contribution in [-0.4, -0.2) is 47.0 Å². The van der Waals surface area contributed by atoms with Gasteiger partial charge >= 0.3 is 0 Å². The quantitative estimate of drug-likeness (QED) is 0.270. The van der Waals surface area contributed by atoms with Crippen LogP contribution in [0.5, 0.6) is 5.75 Å². The fourth-order valence-corrected chi connectivity index (χ4v) is 4.93. The highest BCUT2D eigenvalue weighted by atomic mass is 16.5. The summed E-state index contributed by atoms with van der Waals surface area (Å²) < 4.78 is 8.08. The van der Waals surface area contributed by atoms with E-state index in [4.69, 9.17) is 9.72 Å². The number of imidazole rings is 1. The minimum absolute atomic E-state index is 0.568. The van der Waals surface area contributed by atoms with E-state index in [0.717, 1.165) is 67.4 Å². The van der Waals surface area contributed by atoms with Crippen LogP contribution in [0.3, 0.4) is 0 Å². The van der Waals surface area contributed by atoms with Crippen molar-refractivity contribution in [2.45, 2.75) is 13.0 Å². The zero-order valence-electron chi connectivity index (χ0n) is 21.0. The summed E-state index contributed by atoms with van der Waals surface area (Å²) in [6.45, 7) is 5.98. The van der Waals surface area contributed by atoms with E-state index in [1.54, 1.807) is 0 Å². The molecular weight excluding hydrogens is 456 g/mol. The molecule has 0 spiro atoms. The molecule has 1 saturated heterocycles. The van der Waals surface area contributed by atoms with Crippen LogP contribution >= 0.6 is 0 Å². The second-order valence-electron chi connectivity index (χ2n) is 9.64. The topological polar surface area (TPSA) is 33.0 Å². The van der Waals surface area contributed by atoms with Gasteiger partial charge in [-0.05, 0) is 53.9 Å². The molecule has 0 radical (unpaired) electrons. The fourth-order valence-electron chi connectivity index (χ4n) is 4.93. The molecule has 1 aliphatic heterocycles. The first-order valence-electron chi connectivity index (χ1n) is 13.1. The largest absolute Gasteiger partial charge is 0.489 e. The van der Waals surface area contributed by atoms with Gasteiger partial charge in [-0.15, -0.1) is 0 Å². The monoisotopic (exact) mass is 488 g/mol. The number of hydrogen-bond acceptors (Lipinski definition) is 4. The molecule has 6 rings (SSSR count). The highest BCUT2D eigenvalue weighted by Crippen LogP contribution is 2.25. The summed E-state index contributed by atoms with van der Waals surface area (Å²) in [4.78, 5) is 9.91. The summed E-state index contributed by atoms with van der Waals surface area (Å²) in [6.07, 6.45) is 5.45. The van der Waals surface area contributed by atoms with E-state index < -0.39 is 0 Å². The molecule has 1 fully saturated rings. The lowest BCUT2D eigenvalue weighted by molar-refractivity contribution is 0.261. The third kappa shape index (κ3) is 5.68. The maximum absolute atomic E-state index is 5.94. The second-order valence-corrected chi connectivity index (χ2v) is 9.64. The van der Waals surface area contributed by atoms with Gasteiger partial charge in [-0.2, -0.15) is 0 Å². The van der Waals surface area contributed by atoms with Crippen molar-refractivity contribution in [2.24, 2.45) is 0 Å². The average molecular weight is 489 g/mol. The summed E-state index contributed by atoms with van der Waals surface area (Å²) in [6, 6.07) is 33.5. The molecule has 0 N–H and O–H groups in total. The first-order chi connectivity index (χ1) is 18.3. The maximum atomic E-state index is 5.94. The number of benzene rings is 3. The first-order valence-corrected chi connectivity index (χ1v) is 13.1. The first kappa shape index (κ1) is 23.3. The molecule has 37 heavy (non-hydrogen) atoms. The van der Waals surface area contributed by atoms with Gasteiger partial charge in [-0.1, -0.05) is 60.7 Å². The number of anilines is 1. The van der Waals surface area contributed by atoms with E-state index in [-0.39, 0.29) is 0 Å². The normalized spacial score (nSPS) is 14.2. The Morgan fingerprint density at radius 3 is 2.11 bits per heavy atom. The lowest BCUT2D eigenvalue weighted by atomic mass is 10.1. The maximum Gasteiger partial charge on any atom is 0.137 e. The van der Waals surface area contributed by atoms with E-state index in [2.05, 4.69) is 93.3 Å². The Morgan fingerprint density at radius 1 is 0.676 bits per heavy atom. The summed E-state index contributed by atoms with van der Waals surface area (Å²) in [7, 11) is 0. The van der Waals surface area contributed by atoms with Crippen molar-refractivity contribution in [3.63, 3.8) is 0 Å².